The van der Waals surface area contributed by atoms with Crippen LogP contribution in [-0.2, 0) is 11.3 Å². The highest BCUT2D eigenvalue weighted by molar-refractivity contribution is 5.68. The first-order valence-corrected chi connectivity index (χ1v) is 8.89. The third kappa shape index (κ3) is 5.75. The zero-order valence-electron chi connectivity index (χ0n) is 16.0. The molecule has 1 aromatic heterocycles. The third-order valence-electron chi connectivity index (χ3n) is 4.17. The molecule has 1 aliphatic rings. The van der Waals surface area contributed by atoms with Crippen molar-refractivity contribution in [1.82, 2.24) is 15.1 Å². The van der Waals surface area contributed by atoms with E-state index in [1.807, 2.05) is 0 Å². The average molecular weight is 405 g/mol. The monoisotopic (exact) mass is 405 g/mol. The maximum absolute atomic E-state index is 12.8. The second-order valence-corrected chi connectivity index (χ2v) is 7.57. The van der Waals surface area contributed by atoms with Gasteiger partial charge in [-0.3, -0.25) is 10.1 Å². The lowest BCUT2D eigenvalue weighted by Crippen LogP contribution is -2.45. The van der Waals surface area contributed by atoms with E-state index in [9.17, 15) is 28.8 Å². The molecule has 0 bridgehead atoms. The molecule has 0 saturated carbocycles. The summed E-state index contributed by atoms with van der Waals surface area (Å²) in [5.41, 5.74) is -1.08. The standard InChI is InChI=1S/C16H25F2N5O5/c1-16(2,3)28-15(25)20-10-4-6-21(7-5-12(10)24)14-11(23(26)27)8-19-22(14)9-13(17)18/h8,10,12-13,24H,4-7,9H2,1-3H3,(H,20,25)/t10-,12+/m1/s1. The molecule has 1 amide bonds. The molecule has 158 valence electrons. The van der Waals surface area contributed by atoms with Crippen molar-refractivity contribution in [2.24, 2.45) is 0 Å². The van der Waals surface area contributed by atoms with Crippen molar-refractivity contribution in [3.05, 3.63) is 16.3 Å². The molecular formula is C16H25F2N5O5. The number of aliphatic hydroxyl groups excluding tert-OH is 1. The van der Waals surface area contributed by atoms with Gasteiger partial charge in [0.15, 0.2) is 0 Å². The molecule has 10 nitrogen and oxygen atoms in total. The largest absolute Gasteiger partial charge is 0.444 e. The lowest BCUT2D eigenvalue weighted by Gasteiger charge is -2.25. The van der Waals surface area contributed by atoms with E-state index in [1.54, 1.807) is 20.8 Å². The molecule has 12 heteroatoms. The molecule has 2 rings (SSSR count). The van der Waals surface area contributed by atoms with Crippen LogP contribution in [-0.4, -0.2) is 63.2 Å². The van der Waals surface area contributed by atoms with E-state index in [1.165, 1.54) is 4.90 Å². The predicted molar refractivity (Wildman–Crippen MR) is 95.5 cm³/mol. The average Bonchev–Trinajstić information content (AvgIpc) is 2.86. The number of amides is 1. The number of hydrogen-bond donors (Lipinski definition) is 2. The van der Waals surface area contributed by atoms with E-state index in [0.717, 1.165) is 10.9 Å². The minimum Gasteiger partial charge on any atom is -0.444 e. The molecule has 2 heterocycles. The first kappa shape index (κ1) is 21.8. The van der Waals surface area contributed by atoms with Crippen molar-refractivity contribution in [3.63, 3.8) is 0 Å². The Kier molecular flexibility index (Phi) is 6.75. The Balaban J connectivity index is 2.15. The Morgan fingerprint density at radius 2 is 2.11 bits per heavy atom. The second-order valence-electron chi connectivity index (χ2n) is 7.57. The SMILES string of the molecule is CC(C)(C)OC(=O)N[C@@H]1CCN(c2c([N+](=O)[O-])cnn2CC(F)F)CC[C@@H]1O. The molecule has 0 spiro atoms. The maximum atomic E-state index is 12.8. The summed E-state index contributed by atoms with van der Waals surface area (Å²) in [5.74, 6) is -0.0320. The van der Waals surface area contributed by atoms with Gasteiger partial charge in [-0.25, -0.2) is 18.3 Å². The fourth-order valence-corrected chi connectivity index (χ4v) is 3.01. The number of alkyl carbamates (subject to hydrolysis) is 1. The number of nitro groups is 1. The van der Waals surface area contributed by atoms with Crippen LogP contribution in [0.1, 0.15) is 33.6 Å². The van der Waals surface area contributed by atoms with Crippen molar-refractivity contribution < 1.29 is 28.3 Å². The summed E-state index contributed by atoms with van der Waals surface area (Å²) in [5, 5.41) is 27.9. The first-order valence-electron chi connectivity index (χ1n) is 8.89. The van der Waals surface area contributed by atoms with Gasteiger partial charge in [0, 0.05) is 13.1 Å². The van der Waals surface area contributed by atoms with E-state index in [-0.39, 0.29) is 37.4 Å². The number of rotatable bonds is 5. The second kappa shape index (κ2) is 8.67. The van der Waals surface area contributed by atoms with Crippen molar-refractivity contribution in [3.8, 4) is 0 Å². The van der Waals surface area contributed by atoms with Crippen LogP contribution in [0.25, 0.3) is 0 Å². The number of carbonyl (C=O) groups excluding carboxylic acids is 1. The van der Waals surface area contributed by atoms with Gasteiger partial charge in [-0.2, -0.15) is 5.10 Å². The molecule has 1 aromatic rings. The number of aliphatic hydroxyl groups is 1. The molecule has 1 saturated heterocycles. The molecule has 0 unspecified atom stereocenters. The Morgan fingerprint density at radius 1 is 1.46 bits per heavy atom. The van der Waals surface area contributed by atoms with Crippen LogP contribution >= 0.6 is 0 Å². The van der Waals surface area contributed by atoms with Gasteiger partial charge in [0.1, 0.15) is 18.3 Å². The summed E-state index contributed by atoms with van der Waals surface area (Å²) in [6, 6.07) is -0.634. The number of ether oxygens (including phenoxy) is 1. The summed E-state index contributed by atoms with van der Waals surface area (Å²) in [6.07, 6.45) is -2.95. The lowest BCUT2D eigenvalue weighted by molar-refractivity contribution is -0.384. The van der Waals surface area contributed by atoms with Crippen LogP contribution < -0.4 is 10.2 Å². The zero-order valence-corrected chi connectivity index (χ0v) is 16.0. The molecule has 1 fully saturated rings. The van der Waals surface area contributed by atoms with Crippen LogP contribution in [0.4, 0.5) is 25.1 Å². The quantitative estimate of drug-likeness (QED) is 0.567. The van der Waals surface area contributed by atoms with Gasteiger partial charge >= 0.3 is 11.8 Å². The smallest absolute Gasteiger partial charge is 0.407 e. The van der Waals surface area contributed by atoms with E-state index in [0.29, 0.717) is 0 Å². The topological polar surface area (TPSA) is 123 Å². The number of nitrogens with one attached hydrogen (secondary N) is 1. The van der Waals surface area contributed by atoms with E-state index in [4.69, 9.17) is 4.74 Å². The van der Waals surface area contributed by atoms with Crippen LogP contribution in [0.3, 0.4) is 0 Å². The summed E-state index contributed by atoms with van der Waals surface area (Å²) in [4.78, 5) is 24.1. The van der Waals surface area contributed by atoms with Gasteiger partial charge in [0.05, 0.1) is 17.1 Å². The van der Waals surface area contributed by atoms with Crippen molar-refractivity contribution in [1.29, 1.82) is 0 Å². The Bertz CT molecular complexity index is 706. The van der Waals surface area contributed by atoms with Gasteiger partial charge in [0.25, 0.3) is 6.43 Å². The van der Waals surface area contributed by atoms with E-state index >= 15 is 0 Å². The van der Waals surface area contributed by atoms with Gasteiger partial charge in [0.2, 0.25) is 5.82 Å². The van der Waals surface area contributed by atoms with Gasteiger partial charge in [-0.1, -0.05) is 0 Å². The molecule has 2 N–H and O–H groups in total. The van der Waals surface area contributed by atoms with Crippen molar-refractivity contribution in [2.45, 2.75) is 64.3 Å². The normalized spacial score (nSPS) is 20.8. The number of aromatic nitrogens is 2. The summed E-state index contributed by atoms with van der Waals surface area (Å²) in [7, 11) is 0. The van der Waals surface area contributed by atoms with E-state index < -0.39 is 41.7 Å². The Hall–Kier alpha value is -2.50. The Morgan fingerprint density at radius 3 is 2.68 bits per heavy atom. The molecule has 2 atom stereocenters. The van der Waals surface area contributed by atoms with Crippen molar-refractivity contribution in [2.75, 3.05) is 18.0 Å². The summed E-state index contributed by atoms with van der Waals surface area (Å²) >= 11 is 0. The van der Waals surface area contributed by atoms with Crippen LogP contribution in [0.2, 0.25) is 0 Å². The minimum atomic E-state index is -2.72. The van der Waals surface area contributed by atoms with Crippen LogP contribution in [0, 0.1) is 10.1 Å². The highest BCUT2D eigenvalue weighted by Crippen LogP contribution is 2.30. The van der Waals surface area contributed by atoms with Crippen LogP contribution in [0.5, 0.6) is 0 Å². The molecule has 0 aliphatic carbocycles. The molecule has 0 radical (unpaired) electrons. The number of alkyl halides is 2. The highest BCUT2D eigenvalue weighted by Gasteiger charge is 2.33. The molecule has 1 aliphatic heterocycles. The number of anilines is 1. The molecular weight excluding hydrogens is 380 g/mol. The minimum absolute atomic E-state index is 0.0320. The fourth-order valence-electron chi connectivity index (χ4n) is 3.01. The number of nitrogens with zero attached hydrogens (tertiary/aromatic N) is 4. The van der Waals surface area contributed by atoms with Gasteiger partial charge in [-0.15, -0.1) is 0 Å². The number of carbonyl (C=O) groups is 1. The van der Waals surface area contributed by atoms with Gasteiger partial charge in [-0.05, 0) is 33.6 Å². The van der Waals surface area contributed by atoms with Crippen LogP contribution in [0.15, 0.2) is 6.20 Å². The molecule has 0 aromatic carbocycles. The maximum Gasteiger partial charge on any atom is 0.407 e. The Labute approximate surface area is 160 Å². The number of hydrogen-bond acceptors (Lipinski definition) is 7. The summed E-state index contributed by atoms with van der Waals surface area (Å²) < 4.78 is 31.7. The first-order chi connectivity index (χ1) is 13.0. The summed E-state index contributed by atoms with van der Waals surface area (Å²) in [6.45, 7) is 4.74. The third-order valence-corrected chi connectivity index (χ3v) is 4.17. The highest BCUT2D eigenvalue weighted by atomic mass is 19.3. The van der Waals surface area contributed by atoms with Crippen molar-refractivity contribution >= 4 is 17.6 Å². The predicted octanol–water partition coefficient (Wildman–Crippen LogP) is 1.91. The fraction of sp³-hybridized carbons (Fsp3) is 0.750. The molecule has 28 heavy (non-hydrogen) atoms. The van der Waals surface area contributed by atoms with Gasteiger partial charge < -0.3 is 20.1 Å². The number of halogens is 2. The zero-order chi connectivity index (χ0) is 21.1. The van der Waals surface area contributed by atoms with E-state index in [2.05, 4.69) is 10.4 Å². The lowest BCUT2D eigenvalue weighted by atomic mass is 10.1.